The van der Waals surface area contributed by atoms with Crippen molar-refractivity contribution < 1.29 is 30.9 Å². The van der Waals surface area contributed by atoms with Gasteiger partial charge in [-0.1, -0.05) is 10.3 Å². The number of carbonyl (C=O) groups excluding carboxylic acids is 1. The van der Waals surface area contributed by atoms with E-state index in [1.54, 1.807) is 0 Å². The van der Waals surface area contributed by atoms with Crippen LogP contribution in [0.1, 0.15) is 25.0 Å². The Morgan fingerprint density at radius 1 is 1.17 bits per heavy atom. The number of hydrogen-bond acceptors (Lipinski definition) is 6. The van der Waals surface area contributed by atoms with Crippen molar-refractivity contribution in [3.8, 4) is 0 Å². The fourth-order valence-corrected chi connectivity index (χ4v) is 5.92. The van der Waals surface area contributed by atoms with E-state index < -0.39 is 54.2 Å². The zero-order valence-corrected chi connectivity index (χ0v) is 19.0. The Morgan fingerprint density at radius 3 is 2.23 bits per heavy atom. The quantitative estimate of drug-likeness (QED) is 0.537. The number of nitrogens with zero attached hydrogens (tertiary/aromatic N) is 4. The number of carbonyl (C=O) groups is 1. The molecule has 2 aromatic heterocycles. The van der Waals surface area contributed by atoms with E-state index in [1.165, 1.54) is 17.2 Å². The van der Waals surface area contributed by atoms with Crippen LogP contribution >= 0.6 is 0 Å². The molecule has 35 heavy (non-hydrogen) atoms. The normalized spacial score (nSPS) is 17.9. The summed E-state index contributed by atoms with van der Waals surface area (Å²) in [4.78, 5) is 12.3. The van der Waals surface area contributed by atoms with Gasteiger partial charge in [-0.3, -0.25) is 10.00 Å². The lowest BCUT2D eigenvalue weighted by molar-refractivity contribution is 0.105. The molecule has 1 N–H and O–H groups in total. The molecule has 172 valence electrons. The third-order valence-corrected chi connectivity index (χ3v) is 7.92. The maximum atomic E-state index is 16.6. The highest BCUT2D eigenvalue weighted by atomic mass is 32.2. The van der Waals surface area contributed by atoms with E-state index in [-0.39, 0.29) is 31.7 Å². The van der Waals surface area contributed by atoms with Gasteiger partial charge in [-0.15, -0.1) is 0 Å². The molecule has 0 unspecified atom stereocenters. The number of nitrogens with one attached hydrogen (secondary N) is 1. The van der Waals surface area contributed by atoms with Gasteiger partial charge in [0.2, 0.25) is 14.8 Å². The van der Waals surface area contributed by atoms with Gasteiger partial charge in [-0.25, -0.2) is 26.4 Å². The minimum Gasteiger partial charge on any atom is -0.363 e. The van der Waals surface area contributed by atoms with Crippen LogP contribution < -0.4 is 5.32 Å². The number of hydrogen-bond donors (Lipinski definition) is 1. The molecule has 1 aliphatic heterocycles. The molecular weight excluding hydrogens is 480 g/mol. The highest BCUT2D eigenvalue weighted by molar-refractivity contribution is 7.93. The number of amides is 2. The third-order valence-electron chi connectivity index (χ3n) is 5.56. The van der Waals surface area contributed by atoms with Crippen LogP contribution in [0.25, 0.3) is 0 Å². The molecule has 9 nitrogen and oxygen atoms in total. The Kier molecular flexibility index (Phi) is 7.33. The molecule has 2 aromatic rings. The lowest BCUT2D eigenvalue weighted by Gasteiger charge is -2.46. The first-order chi connectivity index (χ1) is 16.0. The van der Waals surface area contributed by atoms with Crippen molar-refractivity contribution >= 4 is 68.8 Å². The zero-order valence-electron chi connectivity index (χ0n) is 18.1. The van der Waals surface area contributed by atoms with Crippen molar-refractivity contribution in [1.29, 1.82) is 0 Å². The first-order valence-electron chi connectivity index (χ1n) is 10.0. The lowest BCUT2D eigenvalue weighted by Crippen LogP contribution is -2.56. The Balaban J connectivity index is 1.94. The molecule has 1 atom stereocenters. The minimum absolute atomic E-state index is 0.122. The molecule has 0 saturated carbocycles. The molecule has 3 rings (SSSR count). The number of likely N-dealkylation sites (tertiary alicyclic amines) is 1. The Labute approximate surface area is 207 Å². The molecule has 12 radical (unpaired) electrons. The average molecular weight is 494 g/mol. The van der Waals surface area contributed by atoms with E-state index in [2.05, 4.69) is 20.1 Å². The predicted octanol–water partition coefficient (Wildman–Crippen LogP) is -0.155. The average Bonchev–Trinajstić information content (AvgIpc) is 3.42. The smallest absolute Gasteiger partial charge is 0.323 e. The summed E-state index contributed by atoms with van der Waals surface area (Å²) >= 11 is 0. The van der Waals surface area contributed by atoms with Crippen LogP contribution in [0.5, 0.6) is 0 Å². The molecule has 1 fully saturated rings. The maximum absolute atomic E-state index is 16.6. The van der Waals surface area contributed by atoms with E-state index in [9.17, 15) is 22.0 Å². The van der Waals surface area contributed by atoms with Crippen molar-refractivity contribution in [3.05, 3.63) is 24.2 Å². The highest BCUT2D eigenvalue weighted by Crippen LogP contribution is 2.51. The Morgan fingerprint density at radius 2 is 1.77 bits per heavy atom. The number of sulfone groups is 1. The molecule has 0 bridgehead atoms. The number of halogens is 3. The van der Waals surface area contributed by atoms with Gasteiger partial charge in [0.05, 0.1) is 47.1 Å². The summed E-state index contributed by atoms with van der Waals surface area (Å²) in [5.41, 5.74) is -1.37. The molecule has 0 aliphatic carbocycles. The molecule has 2 amide bonds. The van der Waals surface area contributed by atoms with E-state index in [0.717, 1.165) is 0 Å². The first kappa shape index (κ1) is 27.4. The van der Waals surface area contributed by atoms with Gasteiger partial charge in [0.1, 0.15) is 16.9 Å². The highest BCUT2D eigenvalue weighted by Gasteiger charge is 2.59. The summed E-state index contributed by atoms with van der Waals surface area (Å²) in [6, 6.07) is 0.769. The monoisotopic (exact) mass is 495 g/mol. The van der Waals surface area contributed by atoms with Crippen LogP contribution in [-0.4, -0.2) is 99.5 Å². The number of anilines is 1. The molecule has 19 heteroatoms. The molecule has 3 heterocycles. The van der Waals surface area contributed by atoms with E-state index >= 15 is 4.39 Å². The minimum atomic E-state index is -5.46. The molecular formula is C16H14B6F3N5O4S. The molecule has 0 aromatic carbocycles. The Bertz CT molecular complexity index is 1160. The number of rotatable bonds is 7. The van der Waals surface area contributed by atoms with Gasteiger partial charge in [0.15, 0.2) is 5.82 Å². The van der Waals surface area contributed by atoms with Gasteiger partial charge >= 0.3 is 6.03 Å². The van der Waals surface area contributed by atoms with Crippen molar-refractivity contribution in [2.75, 3.05) is 18.4 Å². The molecule has 1 aliphatic rings. The third kappa shape index (κ3) is 5.05. The van der Waals surface area contributed by atoms with Crippen molar-refractivity contribution in [2.45, 2.75) is 39.5 Å². The number of alkyl halides is 3. The molecule has 0 spiro atoms. The van der Waals surface area contributed by atoms with Crippen LogP contribution in [0.3, 0.4) is 0 Å². The standard InChI is InChI=1S/C16H14B6F3N5O4S/c17-15(18,19)14(25,8-1-4-29(5-2-8)13(31)26-10-3-6-34-28-10)35(32,33)9-7-30(16(20,21)22)27-11(9)12(23)24/h3,6-8,12H,1-2,4-5H2,(H,26,28,31)/t14-/m1/s1. The van der Waals surface area contributed by atoms with Gasteiger partial charge in [-0.2, -0.15) is 5.10 Å². The maximum Gasteiger partial charge on any atom is 0.323 e. The largest absolute Gasteiger partial charge is 0.363 e. The van der Waals surface area contributed by atoms with Crippen molar-refractivity contribution in [1.82, 2.24) is 19.8 Å². The topological polar surface area (TPSA) is 110 Å². The number of piperidine rings is 1. The zero-order chi connectivity index (χ0) is 26.4. The number of urea groups is 1. The SMILES string of the molecule is [B]C([B])([B])n1cc(S(=O)(=O)[C@](F)(C2CCN(C(=O)Nc3ccon3)CC2)C([B])([B])[B])c(C(F)F)n1. The summed E-state index contributed by atoms with van der Waals surface area (Å²) in [5, 5.41) is 0.162. The second-order valence-electron chi connectivity index (χ2n) is 8.17. The number of aromatic nitrogens is 3. The van der Waals surface area contributed by atoms with Crippen LogP contribution in [0, 0.1) is 5.92 Å². The predicted molar refractivity (Wildman–Crippen MR) is 123 cm³/mol. The fraction of sp³-hybridized carbons (Fsp3) is 0.562. The summed E-state index contributed by atoms with van der Waals surface area (Å²) < 4.78 is 75.7. The van der Waals surface area contributed by atoms with Crippen LogP contribution in [0.15, 0.2) is 27.9 Å². The van der Waals surface area contributed by atoms with Gasteiger partial charge in [0, 0.05) is 31.3 Å². The fourth-order valence-electron chi connectivity index (χ4n) is 3.81. The van der Waals surface area contributed by atoms with E-state index in [0.29, 0.717) is 10.9 Å². The first-order valence-corrected chi connectivity index (χ1v) is 11.5. The second kappa shape index (κ2) is 9.36. The van der Waals surface area contributed by atoms with Crippen molar-refractivity contribution in [3.63, 3.8) is 0 Å². The summed E-state index contributed by atoms with van der Waals surface area (Å²) in [5.74, 6) is -1.38. The summed E-state index contributed by atoms with van der Waals surface area (Å²) in [6.45, 7) is -0.297. The van der Waals surface area contributed by atoms with E-state index in [1.807, 2.05) is 0 Å². The van der Waals surface area contributed by atoms with Gasteiger partial charge in [-0.05, 0) is 18.1 Å². The summed E-state index contributed by atoms with van der Waals surface area (Å²) in [7, 11) is 27.5. The van der Waals surface area contributed by atoms with Gasteiger partial charge < -0.3 is 9.42 Å². The van der Waals surface area contributed by atoms with Crippen LogP contribution in [0.4, 0.5) is 23.8 Å². The second-order valence-corrected chi connectivity index (χ2v) is 10.2. The lowest BCUT2D eigenvalue weighted by atomic mass is 9.38. The van der Waals surface area contributed by atoms with Crippen molar-refractivity contribution in [2.24, 2.45) is 5.92 Å². The Hall–Kier alpha value is -2.18. The molecule has 1 saturated heterocycles. The summed E-state index contributed by atoms with van der Waals surface area (Å²) in [6.07, 6.45) is -2.38. The van der Waals surface area contributed by atoms with Crippen LogP contribution in [0.2, 0.25) is 5.11 Å². The van der Waals surface area contributed by atoms with E-state index in [4.69, 9.17) is 47.1 Å². The van der Waals surface area contributed by atoms with Crippen LogP contribution in [-0.2, 0) is 15.1 Å². The van der Waals surface area contributed by atoms with Gasteiger partial charge in [0.25, 0.3) is 6.43 Å².